The zero-order valence-corrected chi connectivity index (χ0v) is 14.0. The van der Waals surface area contributed by atoms with Crippen molar-refractivity contribution >= 4 is 5.96 Å². The van der Waals surface area contributed by atoms with Crippen molar-refractivity contribution in [3.63, 3.8) is 0 Å². The molecule has 0 radical (unpaired) electrons. The van der Waals surface area contributed by atoms with Crippen LogP contribution in [0.2, 0.25) is 0 Å². The SMILES string of the molecule is COc1ccc(CN=C(N)NCCc2cccc(O)c2)cc1OC. The number of nitrogens with zero attached hydrogens (tertiary/aromatic N) is 1. The molecule has 0 amide bonds. The van der Waals surface area contributed by atoms with Crippen LogP contribution in [0.5, 0.6) is 17.2 Å². The number of nitrogens with two attached hydrogens (primary N) is 1. The molecule has 0 aliphatic carbocycles. The maximum atomic E-state index is 9.42. The predicted octanol–water partition coefficient (Wildman–Crippen LogP) is 2.06. The molecule has 2 rings (SSSR count). The van der Waals surface area contributed by atoms with Gasteiger partial charge in [-0.3, -0.25) is 0 Å². The number of benzene rings is 2. The fourth-order valence-electron chi connectivity index (χ4n) is 2.26. The van der Waals surface area contributed by atoms with Crippen molar-refractivity contribution in [3.8, 4) is 17.2 Å². The van der Waals surface area contributed by atoms with Crippen molar-refractivity contribution in [1.29, 1.82) is 0 Å². The Morgan fingerprint density at radius 1 is 1.08 bits per heavy atom. The molecule has 0 bridgehead atoms. The predicted molar refractivity (Wildman–Crippen MR) is 94.7 cm³/mol. The minimum Gasteiger partial charge on any atom is -0.508 e. The highest BCUT2D eigenvalue weighted by molar-refractivity contribution is 5.77. The minimum absolute atomic E-state index is 0.266. The third-order valence-corrected chi connectivity index (χ3v) is 3.51. The number of aromatic hydroxyl groups is 1. The summed E-state index contributed by atoms with van der Waals surface area (Å²) in [7, 11) is 3.20. The molecule has 2 aromatic rings. The van der Waals surface area contributed by atoms with Gasteiger partial charge in [0, 0.05) is 6.54 Å². The van der Waals surface area contributed by atoms with Gasteiger partial charge in [0.15, 0.2) is 17.5 Å². The maximum absolute atomic E-state index is 9.42. The van der Waals surface area contributed by atoms with Gasteiger partial charge in [0.05, 0.1) is 20.8 Å². The van der Waals surface area contributed by atoms with Crippen LogP contribution in [0.3, 0.4) is 0 Å². The molecule has 2 aromatic carbocycles. The summed E-state index contributed by atoms with van der Waals surface area (Å²) in [6.07, 6.45) is 0.751. The number of nitrogens with one attached hydrogen (secondary N) is 1. The highest BCUT2D eigenvalue weighted by atomic mass is 16.5. The van der Waals surface area contributed by atoms with Crippen molar-refractivity contribution in [2.75, 3.05) is 20.8 Å². The van der Waals surface area contributed by atoms with Crippen LogP contribution in [0.15, 0.2) is 47.5 Å². The first-order valence-corrected chi connectivity index (χ1v) is 7.65. The van der Waals surface area contributed by atoms with Crippen LogP contribution >= 0.6 is 0 Å². The van der Waals surface area contributed by atoms with E-state index < -0.39 is 0 Å². The topological polar surface area (TPSA) is 89.1 Å². The zero-order valence-electron chi connectivity index (χ0n) is 14.0. The number of hydrogen-bond donors (Lipinski definition) is 3. The van der Waals surface area contributed by atoms with Crippen LogP contribution in [0.4, 0.5) is 0 Å². The molecule has 0 unspecified atom stereocenters. The molecule has 0 aromatic heterocycles. The minimum atomic E-state index is 0.266. The normalized spacial score (nSPS) is 11.2. The monoisotopic (exact) mass is 329 g/mol. The fraction of sp³-hybridized carbons (Fsp3) is 0.278. The number of ether oxygens (including phenoxy) is 2. The summed E-state index contributed by atoms with van der Waals surface area (Å²) in [5.41, 5.74) is 7.89. The van der Waals surface area contributed by atoms with Crippen LogP contribution in [0, 0.1) is 0 Å². The number of rotatable bonds is 7. The fourth-order valence-corrected chi connectivity index (χ4v) is 2.26. The van der Waals surface area contributed by atoms with E-state index in [4.69, 9.17) is 15.2 Å². The molecular formula is C18H23N3O3. The molecule has 0 aliphatic rings. The molecule has 4 N–H and O–H groups in total. The lowest BCUT2D eigenvalue weighted by atomic mass is 10.1. The summed E-state index contributed by atoms with van der Waals surface area (Å²) in [4.78, 5) is 4.31. The summed E-state index contributed by atoms with van der Waals surface area (Å²) in [6.45, 7) is 1.09. The van der Waals surface area contributed by atoms with Crippen LogP contribution in [0.1, 0.15) is 11.1 Å². The Bertz CT molecular complexity index is 702. The van der Waals surface area contributed by atoms with Crippen LogP contribution in [0.25, 0.3) is 0 Å². The molecule has 128 valence electrons. The molecule has 6 heteroatoms. The molecule has 0 spiro atoms. The number of phenols is 1. The van der Waals surface area contributed by atoms with Crippen LogP contribution in [-0.4, -0.2) is 31.8 Å². The maximum Gasteiger partial charge on any atom is 0.188 e. The van der Waals surface area contributed by atoms with Crippen molar-refractivity contribution in [2.45, 2.75) is 13.0 Å². The number of methoxy groups -OCH3 is 2. The smallest absolute Gasteiger partial charge is 0.188 e. The van der Waals surface area contributed by atoms with E-state index in [0.717, 1.165) is 17.5 Å². The summed E-state index contributed by atoms with van der Waals surface area (Å²) in [6, 6.07) is 12.8. The average molecular weight is 329 g/mol. The number of aliphatic imine (C=N–C) groups is 1. The average Bonchev–Trinajstić information content (AvgIpc) is 2.59. The summed E-state index contributed by atoms with van der Waals surface area (Å²) < 4.78 is 10.5. The van der Waals surface area contributed by atoms with E-state index in [1.54, 1.807) is 26.4 Å². The summed E-state index contributed by atoms with van der Waals surface area (Å²) in [5, 5.41) is 12.5. The number of phenolic OH excluding ortho intramolecular Hbond substituents is 1. The first kappa shape index (κ1) is 17.5. The molecule has 24 heavy (non-hydrogen) atoms. The van der Waals surface area contributed by atoms with Gasteiger partial charge < -0.3 is 25.6 Å². The first-order chi connectivity index (χ1) is 11.6. The Morgan fingerprint density at radius 2 is 1.88 bits per heavy atom. The lowest BCUT2D eigenvalue weighted by molar-refractivity contribution is 0.354. The summed E-state index contributed by atoms with van der Waals surface area (Å²) >= 11 is 0. The van der Waals surface area contributed by atoms with Crippen LogP contribution in [-0.2, 0) is 13.0 Å². The molecule has 0 saturated heterocycles. The second-order valence-electron chi connectivity index (χ2n) is 5.24. The van der Waals surface area contributed by atoms with E-state index in [1.165, 1.54) is 0 Å². The Balaban J connectivity index is 1.85. The van der Waals surface area contributed by atoms with E-state index >= 15 is 0 Å². The summed E-state index contributed by atoms with van der Waals surface area (Å²) in [5.74, 6) is 2.00. The van der Waals surface area contributed by atoms with Crippen molar-refractivity contribution < 1.29 is 14.6 Å². The van der Waals surface area contributed by atoms with Gasteiger partial charge in [-0.05, 0) is 41.8 Å². The van der Waals surface area contributed by atoms with Gasteiger partial charge in [-0.25, -0.2) is 4.99 Å². The highest BCUT2D eigenvalue weighted by Gasteiger charge is 2.04. The standard InChI is InChI=1S/C18H23N3O3/c1-23-16-7-6-14(11-17(16)24-2)12-21-18(19)20-9-8-13-4-3-5-15(22)10-13/h3-7,10-11,22H,8-9,12H2,1-2H3,(H3,19,20,21). The number of guanidine groups is 1. The van der Waals surface area contributed by atoms with Gasteiger partial charge in [-0.1, -0.05) is 18.2 Å². The molecule has 0 atom stereocenters. The molecule has 0 aliphatic heterocycles. The van der Waals surface area contributed by atoms with Gasteiger partial charge >= 0.3 is 0 Å². The van der Waals surface area contributed by atoms with Crippen molar-refractivity contribution in [2.24, 2.45) is 10.7 Å². The molecule has 0 saturated carbocycles. The zero-order chi connectivity index (χ0) is 17.4. The molecule has 6 nitrogen and oxygen atoms in total. The molecule has 0 fully saturated rings. The van der Waals surface area contributed by atoms with Crippen LogP contribution < -0.4 is 20.5 Å². The van der Waals surface area contributed by atoms with Gasteiger partial charge in [-0.15, -0.1) is 0 Å². The Kier molecular flexibility index (Phi) is 6.31. The van der Waals surface area contributed by atoms with E-state index in [2.05, 4.69) is 10.3 Å². The lowest BCUT2D eigenvalue weighted by Gasteiger charge is -2.09. The first-order valence-electron chi connectivity index (χ1n) is 7.65. The van der Waals surface area contributed by atoms with E-state index in [9.17, 15) is 5.11 Å². The second-order valence-corrected chi connectivity index (χ2v) is 5.24. The van der Waals surface area contributed by atoms with E-state index in [1.807, 2.05) is 30.3 Å². The largest absolute Gasteiger partial charge is 0.508 e. The van der Waals surface area contributed by atoms with E-state index in [0.29, 0.717) is 30.5 Å². The second kappa shape index (κ2) is 8.67. The molecule has 0 heterocycles. The van der Waals surface area contributed by atoms with Gasteiger partial charge in [0.25, 0.3) is 0 Å². The highest BCUT2D eigenvalue weighted by Crippen LogP contribution is 2.27. The molecular weight excluding hydrogens is 306 g/mol. The Hall–Kier alpha value is -2.89. The Labute approximate surface area is 141 Å². The van der Waals surface area contributed by atoms with Crippen molar-refractivity contribution in [1.82, 2.24) is 5.32 Å². The van der Waals surface area contributed by atoms with Gasteiger partial charge in [0.1, 0.15) is 5.75 Å². The van der Waals surface area contributed by atoms with Gasteiger partial charge in [0.2, 0.25) is 0 Å². The van der Waals surface area contributed by atoms with Crippen molar-refractivity contribution in [3.05, 3.63) is 53.6 Å². The third-order valence-electron chi connectivity index (χ3n) is 3.51. The number of hydrogen-bond acceptors (Lipinski definition) is 4. The quantitative estimate of drug-likeness (QED) is 0.534. The third kappa shape index (κ3) is 5.08. The lowest BCUT2D eigenvalue weighted by Crippen LogP contribution is -2.33. The van der Waals surface area contributed by atoms with Gasteiger partial charge in [-0.2, -0.15) is 0 Å². The van der Waals surface area contributed by atoms with E-state index in [-0.39, 0.29) is 5.75 Å². The Morgan fingerprint density at radius 3 is 2.58 bits per heavy atom.